The summed E-state index contributed by atoms with van der Waals surface area (Å²) < 4.78 is 0. The number of nitrogens with one attached hydrogen (secondary N) is 1. The maximum Gasteiger partial charge on any atom is 0.224 e. The van der Waals surface area contributed by atoms with Gasteiger partial charge in [0, 0.05) is 31.6 Å². The van der Waals surface area contributed by atoms with E-state index in [-0.39, 0.29) is 11.8 Å². The van der Waals surface area contributed by atoms with Crippen molar-refractivity contribution in [2.75, 3.05) is 18.4 Å². The number of anilines is 1. The van der Waals surface area contributed by atoms with Crippen LogP contribution in [0.4, 0.5) is 5.69 Å². The van der Waals surface area contributed by atoms with Gasteiger partial charge in [0.1, 0.15) is 0 Å². The lowest BCUT2D eigenvalue weighted by molar-refractivity contribution is -0.133. The molecule has 0 aliphatic carbocycles. The molecule has 1 aliphatic heterocycles. The Balaban J connectivity index is 1.99. The summed E-state index contributed by atoms with van der Waals surface area (Å²) in [7, 11) is 0. The molecule has 0 saturated carbocycles. The van der Waals surface area contributed by atoms with Gasteiger partial charge in [0.05, 0.1) is 0 Å². The molecule has 1 aromatic rings. The van der Waals surface area contributed by atoms with Crippen LogP contribution in [0.15, 0.2) is 24.3 Å². The molecule has 25 heavy (non-hydrogen) atoms. The fourth-order valence-corrected chi connectivity index (χ4v) is 3.46. The number of carbonyl (C=O) groups is 2. The zero-order valence-electron chi connectivity index (χ0n) is 16.0. The molecule has 1 aliphatic rings. The molecular formula is C21H32N2O2. The summed E-state index contributed by atoms with van der Waals surface area (Å²) in [6.45, 7) is 9.89. The normalized spacial score (nSPS) is 15.7. The van der Waals surface area contributed by atoms with Crippen molar-refractivity contribution in [2.45, 2.75) is 59.3 Å². The predicted molar refractivity (Wildman–Crippen MR) is 103 cm³/mol. The van der Waals surface area contributed by atoms with Gasteiger partial charge in [0.15, 0.2) is 0 Å². The monoisotopic (exact) mass is 344 g/mol. The van der Waals surface area contributed by atoms with E-state index in [1.807, 2.05) is 23.1 Å². The molecule has 1 saturated heterocycles. The highest BCUT2D eigenvalue weighted by Crippen LogP contribution is 2.33. The molecule has 0 unspecified atom stereocenters. The number of rotatable bonds is 6. The third-order valence-electron chi connectivity index (χ3n) is 4.70. The summed E-state index contributed by atoms with van der Waals surface area (Å²) in [5, 5.41) is 3.08. The highest BCUT2D eigenvalue weighted by atomic mass is 16.2. The van der Waals surface area contributed by atoms with Crippen LogP contribution in [0.1, 0.15) is 64.9 Å². The van der Waals surface area contributed by atoms with E-state index in [0.29, 0.717) is 30.6 Å². The maximum absolute atomic E-state index is 12.2. The van der Waals surface area contributed by atoms with Crippen LogP contribution >= 0.6 is 0 Å². The standard InChI is InChI=1S/C21H32N2O2/c1-15(2)13-20(24)22-19-8-6-5-7-18(19)17-9-11-23(12-10-17)21(25)14-16(3)4/h5-8,15-17H,9-14H2,1-4H3,(H,22,24). The van der Waals surface area contributed by atoms with Crippen molar-refractivity contribution in [1.29, 1.82) is 0 Å². The van der Waals surface area contributed by atoms with Crippen molar-refractivity contribution in [2.24, 2.45) is 11.8 Å². The van der Waals surface area contributed by atoms with E-state index < -0.39 is 0 Å². The van der Waals surface area contributed by atoms with Crippen molar-refractivity contribution in [1.82, 2.24) is 4.90 Å². The number of hydrogen-bond donors (Lipinski definition) is 1. The van der Waals surface area contributed by atoms with Gasteiger partial charge in [-0.15, -0.1) is 0 Å². The molecule has 1 fully saturated rings. The van der Waals surface area contributed by atoms with Gasteiger partial charge < -0.3 is 10.2 Å². The minimum absolute atomic E-state index is 0.0759. The van der Waals surface area contributed by atoms with Crippen molar-refractivity contribution < 1.29 is 9.59 Å². The lowest BCUT2D eigenvalue weighted by Gasteiger charge is -2.33. The molecule has 2 amide bonds. The number of carbonyl (C=O) groups excluding carboxylic acids is 2. The first-order valence-electron chi connectivity index (χ1n) is 9.53. The molecule has 4 heteroatoms. The van der Waals surface area contributed by atoms with Crippen LogP contribution in [-0.2, 0) is 9.59 Å². The topological polar surface area (TPSA) is 49.4 Å². The third-order valence-corrected chi connectivity index (χ3v) is 4.70. The Morgan fingerprint density at radius 1 is 1.04 bits per heavy atom. The summed E-state index contributed by atoms with van der Waals surface area (Å²) in [4.78, 5) is 26.4. The second-order valence-corrected chi connectivity index (χ2v) is 7.99. The van der Waals surface area contributed by atoms with Crippen molar-refractivity contribution in [3.05, 3.63) is 29.8 Å². The van der Waals surface area contributed by atoms with Crippen LogP contribution < -0.4 is 5.32 Å². The van der Waals surface area contributed by atoms with Crippen LogP contribution in [0.3, 0.4) is 0 Å². The van der Waals surface area contributed by atoms with Crippen molar-refractivity contribution >= 4 is 17.5 Å². The van der Waals surface area contributed by atoms with Gasteiger partial charge in [0.25, 0.3) is 0 Å². The van der Waals surface area contributed by atoms with E-state index in [9.17, 15) is 9.59 Å². The Kier molecular flexibility index (Phi) is 7.03. The molecule has 0 spiro atoms. The van der Waals surface area contributed by atoms with Gasteiger partial charge >= 0.3 is 0 Å². The Morgan fingerprint density at radius 3 is 2.24 bits per heavy atom. The third kappa shape index (κ3) is 5.87. The predicted octanol–water partition coefficient (Wildman–Crippen LogP) is 4.42. The van der Waals surface area contributed by atoms with E-state index in [1.165, 1.54) is 5.56 Å². The molecule has 1 aromatic carbocycles. The number of para-hydroxylation sites is 1. The Bertz CT molecular complexity index is 587. The van der Waals surface area contributed by atoms with E-state index in [0.717, 1.165) is 31.6 Å². The summed E-state index contributed by atoms with van der Waals surface area (Å²) >= 11 is 0. The van der Waals surface area contributed by atoms with Gasteiger partial charge in [0.2, 0.25) is 11.8 Å². The molecule has 4 nitrogen and oxygen atoms in total. The Labute approximate surface area is 152 Å². The molecule has 138 valence electrons. The number of piperidine rings is 1. The molecule has 1 N–H and O–H groups in total. The molecule has 0 atom stereocenters. The minimum atomic E-state index is 0.0759. The fraction of sp³-hybridized carbons (Fsp3) is 0.619. The second-order valence-electron chi connectivity index (χ2n) is 7.99. The van der Waals surface area contributed by atoms with Gasteiger partial charge in [-0.1, -0.05) is 45.9 Å². The second kappa shape index (κ2) is 9.02. The average Bonchev–Trinajstić information content (AvgIpc) is 2.54. The van der Waals surface area contributed by atoms with Gasteiger partial charge in [-0.3, -0.25) is 9.59 Å². The van der Waals surface area contributed by atoms with E-state index in [1.54, 1.807) is 0 Å². The lowest BCUT2D eigenvalue weighted by Crippen LogP contribution is -2.38. The molecule has 1 heterocycles. The van der Waals surface area contributed by atoms with Crippen LogP contribution in [0.5, 0.6) is 0 Å². The van der Waals surface area contributed by atoms with Gasteiger partial charge in [-0.05, 0) is 42.2 Å². The molecule has 0 bridgehead atoms. The van der Waals surface area contributed by atoms with Gasteiger partial charge in [-0.2, -0.15) is 0 Å². The van der Waals surface area contributed by atoms with E-state index in [4.69, 9.17) is 0 Å². The number of likely N-dealkylation sites (tertiary alicyclic amines) is 1. The first kappa shape index (κ1) is 19.5. The first-order chi connectivity index (χ1) is 11.9. The van der Waals surface area contributed by atoms with E-state index >= 15 is 0 Å². The number of hydrogen-bond acceptors (Lipinski definition) is 2. The van der Waals surface area contributed by atoms with Crippen LogP contribution in [0, 0.1) is 11.8 Å². The quantitative estimate of drug-likeness (QED) is 0.830. The molecule has 0 aromatic heterocycles. The van der Waals surface area contributed by atoms with E-state index in [2.05, 4.69) is 39.1 Å². The van der Waals surface area contributed by atoms with Gasteiger partial charge in [-0.25, -0.2) is 0 Å². The summed E-state index contributed by atoms with van der Waals surface area (Å²) in [6, 6.07) is 8.10. The average molecular weight is 344 g/mol. The Hall–Kier alpha value is -1.84. The van der Waals surface area contributed by atoms with Crippen LogP contribution in [0.25, 0.3) is 0 Å². The number of benzene rings is 1. The zero-order valence-corrected chi connectivity index (χ0v) is 16.0. The zero-order chi connectivity index (χ0) is 18.4. The summed E-state index contributed by atoms with van der Waals surface area (Å²) in [6.07, 6.45) is 3.09. The maximum atomic E-state index is 12.2. The first-order valence-corrected chi connectivity index (χ1v) is 9.53. The minimum Gasteiger partial charge on any atom is -0.343 e. The number of amides is 2. The molecule has 0 radical (unpaired) electrons. The fourth-order valence-electron chi connectivity index (χ4n) is 3.46. The Morgan fingerprint density at radius 2 is 1.64 bits per heavy atom. The van der Waals surface area contributed by atoms with Crippen LogP contribution in [0.2, 0.25) is 0 Å². The SMILES string of the molecule is CC(C)CC(=O)Nc1ccccc1C1CCN(C(=O)CC(C)C)CC1. The highest BCUT2D eigenvalue weighted by Gasteiger charge is 2.25. The smallest absolute Gasteiger partial charge is 0.224 e. The molecule has 2 rings (SSSR count). The number of nitrogens with zero attached hydrogens (tertiary/aromatic N) is 1. The largest absolute Gasteiger partial charge is 0.343 e. The summed E-state index contributed by atoms with van der Waals surface area (Å²) in [5.74, 6) is 1.50. The molecular weight excluding hydrogens is 312 g/mol. The van der Waals surface area contributed by atoms with Crippen molar-refractivity contribution in [3.63, 3.8) is 0 Å². The highest BCUT2D eigenvalue weighted by molar-refractivity contribution is 5.91. The lowest BCUT2D eigenvalue weighted by atomic mass is 9.88. The van der Waals surface area contributed by atoms with Crippen molar-refractivity contribution in [3.8, 4) is 0 Å². The van der Waals surface area contributed by atoms with Crippen LogP contribution in [-0.4, -0.2) is 29.8 Å². The summed E-state index contributed by atoms with van der Waals surface area (Å²) in [5.41, 5.74) is 2.13.